The Labute approximate surface area is 111 Å². The lowest BCUT2D eigenvalue weighted by atomic mass is 10.2. The van der Waals surface area contributed by atoms with Crippen molar-refractivity contribution < 1.29 is 4.74 Å². The topological polar surface area (TPSA) is 34.2 Å². The number of aryl methyl sites for hydroxylation is 1. The van der Waals surface area contributed by atoms with E-state index in [0.717, 1.165) is 36.6 Å². The van der Waals surface area contributed by atoms with Crippen molar-refractivity contribution in [2.45, 2.75) is 32.3 Å². The SMILES string of the molecule is CCc1ccc2nc(NC[C@@H]3CCCO3)sc2c1. The van der Waals surface area contributed by atoms with Crippen LogP contribution in [-0.4, -0.2) is 24.2 Å². The average Bonchev–Trinajstić information content (AvgIpc) is 3.04. The summed E-state index contributed by atoms with van der Waals surface area (Å²) >= 11 is 1.73. The van der Waals surface area contributed by atoms with Gasteiger partial charge < -0.3 is 10.1 Å². The summed E-state index contributed by atoms with van der Waals surface area (Å²) in [7, 11) is 0. The molecule has 0 amide bonds. The number of hydrogen-bond donors (Lipinski definition) is 1. The van der Waals surface area contributed by atoms with Crippen LogP contribution in [0.5, 0.6) is 0 Å². The molecule has 1 aromatic carbocycles. The third-order valence-corrected chi connectivity index (χ3v) is 4.34. The zero-order chi connectivity index (χ0) is 12.4. The number of nitrogens with zero attached hydrogens (tertiary/aromatic N) is 1. The predicted octanol–water partition coefficient (Wildman–Crippen LogP) is 3.45. The summed E-state index contributed by atoms with van der Waals surface area (Å²) in [4.78, 5) is 4.60. The molecule has 0 bridgehead atoms. The Bertz CT molecular complexity index is 532. The van der Waals surface area contributed by atoms with Crippen molar-refractivity contribution in [2.75, 3.05) is 18.5 Å². The number of ether oxygens (including phenoxy) is 1. The first kappa shape index (κ1) is 11.9. The number of benzene rings is 1. The normalized spacial score (nSPS) is 19.5. The first-order valence-electron chi connectivity index (χ1n) is 6.60. The van der Waals surface area contributed by atoms with Crippen LogP contribution >= 0.6 is 11.3 Å². The highest BCUT2D eigenvalue weighted by molar-refractivity contribution is 7.22. The van der Waals surface area contributed by atoms with Crippen LogP contribution in [0.15, 0.2) is 18.2 Å². The summed E-state index contributed by atoms with van der Waals surface area (Å²) in [6.45, 7) is 3.96. The fourth-order valence-electron chi connectivity index (χ4n) is 2.27. The zero-order valence-electron chi connectivity index (χ0n) is 10.6. The minimum Gasteiger partial charge on any atom is -0.376 e. The Morgan fingerprint density at radius 1 is 1.50 bits per heavy atom. The molecule has 0 aliphatic carbocycles. The molecule has 0 unspecified atom stereocenters. The monoisotopic (exact) mass is 262 g/mol. The van der Waals surface area contributed by atoms with Gasteiger partial charge in [-0.25, -0.2) is 4.98 Å². The van der Waals surface area contributed by atoms with Crippen molar-refractivity contribution in [3.8, 4) is 0 Å². The van der Waals surface area contributed by atoms with E-state index in [1.807, 2.05) is 0 Å². The van der Waals surface area contributed by atoms with Gasteiger partial charge in [-0.05, 0) is 37.0 Å². The number of aromatic nitrogens is 1. The van der Waals surface area contributed by atoms with Gasteiger partial charge in [-0.3, -0.25) is 0 Å². The van der Waals surface area contributed by atoms with E-state index in [4.69, 9.17) is 4.74 Å². The Morgan fingerprint density at radius 3 is 3.22 bits per heavy atom. The largest absolute Gasteiger partial charge is 0.376 e. The molecule has 0 radical (unpaired) electrons. The second-order valence-electron chi connectivity index (χ2n) is 4.69. The molecule has 3 nitrogen and oxygen atoms in total. The quantitative estimate of drug-likeness (QED) is 0.916. The maximum atomic E-state index is 5.60. The lowest BCUT2D eigenvalue weighted by Crippen LogP contribution is -2.18. The summed E-state index contributed by atoms with van der Waals surface area (Å²) in [5.74, 6) is 0. The number of anilines is 1. The minimum atomic E-state index is 0.364. The van der Waals surface area contributed by atoms with Crippen molar-refractivity contribution in [3.63, 3.8) is 0 Å². The highest BCUT2D eigenvalue weighted by Gasteiger charge is 2.15. The van der Waals surface area contributed by atoms with Crippen LogP contribution in [0, 0.1) is 0 Å². The van der Waals surface area contributed by atoms with Gasteiger partial charge in [0.05, 0.1) is 16.3 Å². The smallest absolute Gasteiger partial charge is 0.183 e. The van der Waals surface area contributed by atoms with Crippen molar-refractivity contribution in [3.05, 3.63) is 23.8 Å². The molecule has 1 aliphatic rings. The van der Waals surface area contributed by atoms with Gasteiger partial charge in [-0.15, -0.1) is 0 Å². The summed E-state index contributed by atoms with van der Waals surface area (Å²) in [5.41, 5.74) is 2.46. The molecule has 1 atom stereocenters. The van der Waals surface area contributed by atoms with Gasteiger partial charge in [0.1, 0.15) is 0 Å². The van der Waals surface area contributed by atoms with Crippen LogP contribution in [0.3, 0.4) is 0 Å². The molecule has 2 heterocycles. The molecule has 0 spiro atoms. The van der Waals surface area contributed by atoms with E-state index >= 15 is 0 Å². The minimum absolute atomic E-state index is 0.364. The molecule has 1 saturated heterocycles. The number of hydrogen-bond acceptors (Lipinski definition) is 4. The fraction of sp³-hybridized carbons (Fsp3) is 0.500. The van der Waals surface area contributed by atoms with Gasteiger partial charge in [-0.1, -0.05) is 24.3 Å². The summed E-state index contributed by atoms with van der Waals surface area (Å²) in [6, 6.07) is 6.51. The third-order valence-electron chi connectivity index (χ3n) is 3.37. The van der Waals surface area contributed by atoms with Gasteiger partial charge in [0.15, 0.2) is 5.13 Å². The third kappa shape index (κ3) is 2.49. The van der Waals surface area contributed by atoms with Crippen molar-refractivity contribution in [2.24, 2.45) is 0 Å². The molecular formula is C14H18N2OS. The predicted molar refractivity (Wildman–Crippen MR) is 76.5 cm³/mol. The second kappa shape index (κ2) is 5.24. The molecule has 0 saturated carbocycles. The molecular weight excluding hydrogens is 244 g/mol. The van der Waals surface area contributed by atoms with Gasteiger partial charge in [0, 0.05) is 13.2 Å². The van der Waals surface area contributed by atoms with Crippen LogP contribution in [0.25, 0.3) is 10.2 Å². The lowest BCUT2D eigenvalue weighted by Gasteiger charge is -2.08. The van der Waals surface area contributed by atoms with Crippen LogP contribution in [0.2, 0.25) is 0 Å². The average molecular weight is 262 g/mol. The van der Waals surface area contributed by atoms with Gasteiger partial charge in [-0.2, -0.15) is 0 Å². The molecule has 3 rings (SSSR count). The summed E-state index contributed by atoms with van der Waals surface area (Å²) < 4.78 is 6.87. The number of fused-ring (bicyclic) bond motifs is 1. The number of thiazole rings is 1. The highest BCUT2D eigenvalue weighted by Crippen LogP contribution is 2.27. The van der Waals surface area contributed by atoms with E-state index in [0.29, 0.717) is 6.10 Å². The maximum absolute atomic E-state index is 5.60. The maximum Gasteiger partial charge on any atom is 0.183 e. The molecule has 1 N–H and O–H groups in total. The van der Waals surface area contributed by atoms with E-state index in [1.165, 1.54) is 16.7 Å². The number of rotatable bonds is 4. The zero-order valence-corrected chi connectivity index (χ0v) is 11.4. The Balaban J connectivity index is 1.72. The lowest BCUT2D eigenvalue weighted by molar-refractivity contribution is 0.120. The standard InChI is InChI=1S/C14H18N2OS/c1-2-10-5-6-12-13(8-10)18-14(16-12)15-9-11-4-3-7-17-11/h5-6,8,11H,2-4,7,9H2,1H3,(H,15,16)/t11-/m0/s1. The molecule has 2 aromatic rings. The van der Waals surface area contributed by atoms with Crippen molar-refractivity contribution >= 4 is 26.7 Å². The van der Waals surface area contributed by atoms with Crippen molar-refractivity contribution in [1.29, 1.82) is 0 Å². The second-order valence-corrected chi connectivity index (χ2v) is 5.72. The Morgan fingerprint density at radius 2 is 2.44 bits per heavy atom. The molecule has 1 aliphatic heterocycles. The van der Waals surface area contributed by atoms with E-state index in [-0.39, 0.29) is 0 Å². The first-order chi connectivity index (χ1) is 8.85. The molecule has 18 heavy (non-hydrogen) atoms. The molecule has 96 valence electrons. The van der Waals surface area contributed by atoms with E-state index in [1.54, 1.807) is 11.3 Å². The molecule has 1 fully saturated rings. The van der Waals surface area contributed by atoms with E-state index in [9.17, 15) is 0 Å². The van der Waals surface area contributed by atoms with Crippen molar-refractivity contribution in [1.82, 2.24) is 4.98 Å². The molecule has 1 aromatic heterocycles. The van der Waals surface area contributed by atoms with Crippen LogP contribution in [0.4, 0.5) is 5.13 Å². The van der Waals surface area contributed by atoms with Crippen LogP contribution in [-0.2, 0) is 11.2 Å². The Hall–Kier alpha value is -1.13. The van der Waals surface area contributed by atoms with Gasteiger partial charge >= 0.3 is 0 Å². The first-order valence-corrected chi connectivity index (χ1v) is 7.42. The Kier molecular flexibility index (Phi) is 3.48. The van der Waals surface area contributed by atoms with Gasteiger partial charge in [0.2, 0.25) is 0 Å². The number of nitrogens with one attached hydrogen (secondary N) is 1. The highest BCUT2D eigenvalue weighted by atomic mass is 32.1. The van der Waals surface area contributed by atoms with E-state index in [2.05, 4.69) is 35.4 Å². The summed E-state index contributed by atoms with van der Waals surface area (Å²) in [5, 5.41) is 4.40. The van der Waals surface area contributed by atoms with Crippen LogP contribution in [0.1, 0.15) is 25.3 Å². The fourth-order valence-corrected chi connectivity index (χ4v) is 3.21. The summed E-state index contributed by atoms with van der Waals surface area (Å²) in [6.07, 6.45) is 3.79. The van der Waals surface area contributed by atoms with Gasteiger partial charge in [0.25, 0.3) is 0 Å². The van der Waals surface area contributed by atoms with E-state index < -0.39 is 0 Å². The van der Waals surface area contributed by atoms with Crippen LogP contribution < -0.4 is 5.32 Å². The molecule has 4 heteroatoms.